The second-order valence-corrected chi connectivity index (χ2v) is 8.30. The first-order valence-electron chi connectivity index (χ1n) is 9.44. The molecule has 2 saturated heterocycles. The Balaban J connectivity index is 1.82. The van der Waals surface area contributed by atoms with E-state index in [4.69, 9.17) is 4.74 Å². The number of carbonyl (C=O) groups excluding carboxylic acids is 2. The highest BCUT2D eigenvalue weighted by Crippen LogP contribution is 2.39. The molecule has 1 N–H and O–H groups in total. The number of amides is 2. The molecule has 0 atom stereocenters. The van der Waals surface area contributed by atoms with Crippen LogP contribution in [0.5, 0.6) is 0 Å². The van der Waals surface area contributed by atoms with E-state index in [2.05, 4.69) is 0 Å². The molecule has 0 aromatic heterocycles. The van der Waals surface area contributed by atoms with Crippen LogP contribution in [0.3, 0.4) is 0 Å². The number of carbonyl (C=O) groups is 3. The number of hydrogen-bond acceptors (Lipinski definition) is 5. The highest BCUT2D eigenvalue weighted by molar-refractivity contribution is 5.95. The normalized spacial score (nSPS) is 19.2. The Hall–Kier alpha value is -2.77. The predicted molar refractivity (Wildman–Crippen MR) is 103 cm³/mol. The summed E-state index contributed by atoms with van der Waals surface area (Å²) in [6.45, 7) is 6.10. The van der Waals surface area contributed by atoms with E-state index in [-0.39, 0.29) is 25.2 Å². The van der Waals surface area contributed by atoms with Crippen molar-refractivity contribution >= 4 is 23.7 Å². The molecule has 2 aliphatic heterocycles. The van der Waals surface area contributed by atoms with Gasteiger partial charge >= 0.3 is 12.1 Å². The van der Waals surface area contributed by atoms with Crippen LogP contribution in [-0.4, -0.2) is 70.3 Å². The zero-order valence-electron chi connectivity index (χ0n) is 16.6. The van der Waals surface area contributed by atoms with Crippen molar-refractivity contribution in [1.82, 2.24) is 9.80 Å². The van der Waals surface area contributed by atoms with Crippen molar-refractivity contribution in [3.8, 4) is 0 Å². The van der Waals surface area contributed by atoms with Gasteiger partial charge in [-0.2, -0.15) is 0 Å². The van der Waals surface area contributed by atoms with Crippen LogP contribution < -0.4 is 4.90 Å². The highest BCUT2D eigenvalue weighted by Gasteiger charge is 2.54. The number of anilines is 1. The molecule has 152 valence electrons. The third-order valence-corrected chi connectivity index (χ3v) is 5.15. The largest absolute Gasteiger partial charge is 0.480 e. The number of rotatable bonds is 3. The number of piperidine rings is 1. The van der Waals surface area contributed by atoms with E-state index in [1.807, 2.05) is 56.0 Å². The van der Waals surface area contributed by atoms with Gasteiger partial charge in [-0.3, -0.25) is 9.59 Å². The number of aliphatic carboxylic acids is 1. The molecule has 1 aromatic rings. The summed E-state index contributed by atoms with van der Waals surface area (Å²) >= 11 is 0. The van der Waals surface area contributed by atoms with Gasteiger partial charge in [0.15, 0.2) is 0 Å². The molecule has 0 saturated carbocycles. The van der Waals surface area contributed by atoms with Crippen molar-refractivity contribution in [2.24, 2.45) is 0 Å². The fraction of sp³-hybridized carbons (Fsp3) is 0.550. The number of para-hydroxylation sites is 1. The van der Waals surface area contributed by atoms with Crippen molar-refractivity contribution in [3.05, 3.63) is 30.3 Å². The summed E-state index contributed by atoms with van der Waals surface area (Å²) in [4.78, 5) is 41.7. The second kappa shape index (κ2) is 7.33. The van der Waals surface area contributed by atoms with Crippen molar-refractivity contribution in [2.75, 3.05) is 31.2 Å². The Morgan fingerprint density at radius 1 is 1.14 bits per heavy atom. The lowest BCUT2D eigenvalue weighted by atomic mass is 9.85. The van der Waals surface area contributed by atoms with Gasteiger partial charge in [0.2, 0.25) is 0 Å². The van der Waals surface area contributed by atoms with Crippen LogP contribution in [-0.2, 0) is 14.3 Å². The van der Waals surface area contributed by atoms with Crippen molar-refractivity contribution in [2.45, 2.75) is 44.8 Å². The molecule has 8 heteroatoms. The highest BCUT2D eigenvalue weighted by atomic mass is 16.6. The molecule has 1 aromatic carbocycles. The van der Waals surface area contributed by atoms with E-state index in [0.717, 1.165) is 5.69 Å². The van der Waals surface area contributed by atoms with E-state index >= 15 is 0 Å². The summed E-state index contributed by atoms with van der Waals surface area (Å²) in [6.07, 6.45) is 0.466. The average Bonchev–Trinajstić information content (AvgIpc) is 2.87. The zero-order chi connectivity index (χ0) is 20.5. The van der Waals surface area contributed by atoms with Crippen LogP contribution in [0.1, 0.15) is 33.6 Å². The lowest BCUT2D eigenvalue weighted by Gasteiger charge is -2.43. The summed E-state index contributed by atoms with van der Waals surface area (Å²) < 4.78 is 5.44. The van der Waals surface area contributed by atoms with Gasteiger partial charge in [-0.15, -0.1) is 0 Å². The van der Waals surface area contributed by atoms with Crippen LogP contribution in [0.2, 0.25) is 0 Å². The summed E-state index contributed by atoms with van der Waals surface area (Å²) in [7, 11) is 0. The van der Waals surface area contributed by atoms with E-state index in [0.29, 0.717) is 25.9 Å². The molecular formula is C20H27N3O5. The first kappa shape index (κ1) is 20.0. The quantitative estimate of drug-likeness (QED) is 0.852. The van der Waals surface area contributed by atoms with Crippen LogP contribution in [0.25, 0.3) is 0 Å². The van der Waals surface area contributed by atoms with Gasteiger partial charge in [-0.25, -0.2) is 4.79 Å². The topological polar surface area (TPSA) is 90.4 Å². The number of carboxylic acids is 1. The molecule has 2 aliphatic rings. The molecule has 3 rings (SSSR count). The summed E-state index contributed by atoms with van der Waals surface area (Å²) in [5, 5.41) is 9.18. The fourth-order valence-electron chi connectivity index (χ4n) is 3.87. The smallest absolute Gasteiger partial charge is 0.410 e. The van der Waals surface area contributed by atoms with E-state index in [1.54, 1.807) is 4.90 Å². The molecule has 0 unspecified atom stereocenters. The summed E-state index contributed by atoms with van der Waals surface area (Å²) in [6, 6.07) is 9.51. The third-order valence-electron chi connectivity index (χ3n) is 5.15. The maximum absolute atomic E-state index is 13.2. The maximum atomic E-state index is 13.2. The Bertz CT molecular complexity index is 751. The molecule has 2 heterocycles. The molecular weight excluding hydrogens is 362 g/mol. The van der Waals surface area contributed by atoms with Gasteiger partial charge in [0.1, 0.15) is 17.7 Å². The van der Waals surface area contributed by atoms with Crippen molar-refractivity contribution < 1.29 is 24.2 Å². The number of benzene rings is 1. The molecule has 2 fully saturated rings. The Morgan fingerprint density at radius 2 is 1.75 bits per heavy atom. The SMILES string of the molecule is CC(C)(C)OC(=O)N1CCC2(CC1)C(=O)N(CC(=O)O)CN2c1ccccc1. The van der Waals surface area contributed by atoms with Gasteiger partial charge < -0.3 is 24.5 Å². The Kier molecular flexibility index (Phi) is 5.23. The van der Waals surface area contributed by atoms with Gasteiger partial charge in [0, 0.05) is 18.8 Å². The van der Waals surface area contributed by atoms with E-state index in [1.165, 1.54) is 4.90 Å². The van der Waals surface area contributed by atoms with E-state index < -0.39 is 17.1 Å². The van der Waals surface area contributed by atoms with Crippen LogP contribution in [0.15, 0.2) is 30.3 Å². The van der Waals surface area contributed by atoms with Crippen LogP contribution in [0, 0.1) is 0 Å². The van der Waals surface area contributed by atoms with Crippen molar-refractivity contribution in [3.63, 3.8) is 0 Å². The minimum atomic E-state index is -1.04. The lowest BCUT2D eigenvalue weighted by molar-refractivity contribution is -0.144. The number of likely N-dealkylation sites (tertiary alicyclic amines) is 1. The minimum absolute atomic E-state index is 0.192. The number of ether oxygens (including phenoxy) is 1. The monoisotopic (exact) mass is 389 g/mol. The molecule has 0 bridgehead atoms. The fourth-order valence-corrected chi connectivity index (χ4v) is 3.87. The third kappa shape index (κ3) is 3.90. The maximum Gasteiger partial charge on any atom is 0.410 e. The summed E-state index contributed by atoms with van der Waals surface area (Å²) in [5.41, 5.74) is -0.548. The molecule has 0 radical (unpaired) electrons. The van der Waals surface area contributed by atoms with Gasteiger partial charge in [-0.05, 0) is 45.7 Å². The minimum Gasteiger partial charge on any atom is -0.480 e. The van der Waals surface area contributed by atoms with Gasteiger partial charge in [-0.1, -0.05) is 18.2 Å². The van der Waals surface area contributed by atoms with Crippen LogP contribution in [0.4, 0.5) is 10.5 Å². The van der Waals surface area contributed by atoms with E-state index in [9.17, 15) is 19.5 Å². The first-order chi connectivity index (χ1) is 13.1. The second-order valence-electron chi connectivity index (χ2n) is 8.30. The molecule has 0 aliphatic carbocycles. The van der Waals surface area contributed by atoms with Gasteiger partial charge in [0.05, 0.1) is 6.67 Å². The summed E-state index contributed by atoms with van der Waals surface area (Å²) in [5.74, 6) is -1.23. The lowest BCUT2D eigenvalue weighted by Crippen LogP contribution is -2.57. The molecule has 1 spiro atoms. The van der Waals surface area contributed by atoms with Gasteiger partial charge in [0.25, 0.3) is 5.91 Å². The number of nitrogens with zero attached hydrogens (tertiary/aromatic N) is 3. The van der Waals surface area contributed by atoms with Crippen molar-refractivity contribution in [1.29, 1.82) is 0 Å². The standard InChI is InChI=1S/C20H27N3O5/c1-19(2,3)28-18(27)21-11-9-20(10-12-21)17(26)22(13-16(24)25)14-23(20)15-7-5-4-6-8-15/h4-8H,9-14H2,1-3H3,(H,24,25). The predicted octanol–water partition coefficient (Wildman–Crippen LogP) is 2.15. The first-order valence-corrected chi connectivity index (χ1v) is 9.44. The zero-order valence-corrected chi connectivity index (χ0v) is 16.6. The Labute approximate surface area is 164 Å². The molecule has 28 heavy (non-hydrogen) atoms. The average molecular weight is 389 g/mol. The molecule has 2 amide bonds. The Morgan fingerprint density at radius 3 is 2.29 bits per heavy atom. The number of hydrogen-bond donors (Lipinski definition) is 1. The molecule has 8 nitrogen and oxygen atoms in total. The van der Waals surface area contributed by atoms with Crippen LogP contribution >= 0.6 is 0 Å². The number of carboxylic acid groups (broad SMARTS) is 1.